The maximum absolute atomic E-state index is 4.64. The van der Waals surface area contributed by atoms with Gasteiger partial charge in [-0.15, -0.1) is 0 Å². The van der Waals surface area contributed by atoms with Gasteiger partial charge in [0, 0.05) is 40.1 Å². The van der Waals surface area contributed by atoms with Crippen molar-refractivity contribution in [3.05, 3.63) is 156 Å². The third-order valence-corrected chi connectivity index (χ3v) is 8.67. The molecule has 0 bridgehead atoms. The molecular weight excluding hydrogens is 522 g/mol. The molecule has 0 aliphatic rings. The fourth-order valence-corrected chi connectivity index (χ4v) is 6.40. The van der Waals surface area contributed by atoms with Crippen LogP contribution < -0.4 is 0 Å². The molecule has 212 valence electrons. The number of nitrogens with zero attached hydrogens (tertiary/aromatic N) is 3. The predicted molar refractivity (Wildman–Crippen MR) is 182 cm³/mol. The van der Waals surface area contributed by atoms with E-state index >= 15 is 0 Å². The zero-order valence-corrected chi connectivity index (χ0v) is 25.6. The molecule has 0 radical (unpaired) electrons. The zero-order chi connectivity index (χ0) is 30.1. The Labute approximate surface area is 254 Å². The molecule has 0 fully saturated rings. The first-order valence-corrected chi connectivity index (χ1v) is 14.8. The first-order valence-electron chi connectivity index (χ1n) is 14.8. The maximum Gasteiger partial charge on any atom is 0.137 e. The second-order valence-corrected chi connectivity index (χ2v) is 11.7. The normalized spacial score (nSPS) is 11.8. The van der Waals surface area contributed by atoms with Gasteiger partial charge in [0.1, 0.15) is 5.82 Å². The van der Waals surface area contributed by atoms with E-state index in [0.29, 0.717) is 0 Å². The van der Waals surface area contributed by atoms with E-state index in [-0.39, 0.29) is 5.41 Å². The Bertz CT molecular complexity index is 1970. The first-order chi connectivity index (χ1) is 20.8. The highest BCUT2D eigenvalue weighted by atomic mass is 15.1. The van der Waals surface area contributed by atoms with Crippen LogP contribution in [0, 0.1) is 20.8 Å². The van der Waals surface area contributed by atoms with Gasteiger partial charge in [-0.05, 0) is 90.0 Å². The Morgan fingerprint density at radius 2 is 1.37 bits per heavy atom. The Kier molecular flexibility index (Phi) is 7.41. The number of aryl methyl sites for hydroxylation is 2. The minimum absolute atomic E-state index is 0.157. The van der Waals surface area contributed by atoms with Gasteiger partial charge in [0.2, 0.25) is 0 Å². The van der Waals surface area contributed by atoms with Gasteiger partial charge in [0.05, 0.1) is 5.52 Å². The van der Waals surface area contributed by atoms with E-state index in [2.05, 4.69) is 135 Å². The van der Waals surface area contributed by atoms with Crippen LogP contribution in [0.25, 0.3) is 45.1 Å². The summed E-state index contributed by atoms with van der Waals surface area (Å²) in [6.07, 6.45) is 9.67. The number of hydrogen-bond acceptors (Lipinski definition) is 2. The topological polar surface area (TPSA) is 30.7 Å². The summed E-state index contributed by atoms with van der Waals surface area (Å²) in [5.74, 6) is 0.916. The van der Waals surface area contributed by atoms with Crippen LogP contribution in [0.1, 0.15) is 47.5 Å². The molecule has 0 N–H and O–H groups in total. The van der Waals surface area contributed by atoms with Crippen LogP contribution in [0.2, 0.25) is 0 Å². The second kappa shape index (κ2) is 11.3. The third-order valence-electron chi connectivity index (χ3n) is 8.67. The summed E-state index contributed by atoms with van der Waals surface area (Å²) < 4.78 is 2.23. The molecule has 43 heavy (non-hydrogen) atoms. The fourth-order valence-electron chi connectivity index (χ4n) is 6.40. The van der Waals surface area contributed by atoms with Crippen molar-refractivity contribution in [1.29, 1.82) is 0 Å². The van der Waals surface area contributed by atoms with E-state index in [4.69, 9.17) is 0 Å². The van der Waals surface area contributed by atoms with Gasteiger partial charge in [-0.2, -0.15) is 0 Å². The van der Waals surface area contributed by atoms with E-state index in [0.717, 1.165) is 22.7 Å². The van der Waals surface area contributed by atoms with Gasteiger partial charge in [-0.3, -0.25) is 9.55 Å². The van der Waals surface area contributed by atoms with Crippen LogP contribution in [0.3, 0.4) is 0 Å². The van der Waals surface area contributed by atoms with E-state index in [1.165, 1.54) is 49.9 Å². The summed E-state index contributed by atoms with van der Waals surface area (Å²) in [7, 11) is 0. The molecule has 3 heteroatoms. The van der Waals surface area contributed by atoms with Crippen molar-refractivity contribution >= 4 is 17.0 Å². The molecule has 0 saturated carbocycles. The molecule has 0 saturated heterocycles. The van der Waals surface area contributed by atoms with E-state index < -0.39 is 0 Å². The van der Waals surface area contributed by atoms with Crippen molar-refractivity contribution in [1.82, 2.24) is 14.5 Å². The largest absolute Gasteiger partial charge is 0.298 e. The Morgan fingerprint density at radius 1 is 0.698 bits per heavy atom. The van der Waals surface area contributed by atoms with Crippen LogP contribution in [0.4, 0.5) is 0 Å². The van der Waals surface area contributed by atoms with Crippen LogP contribution in [0.5, 0.6) is 0 Å². The lowest BCUT2D eigenvalue weighted by atomic mass is 9.75. The number of rotatable bonds is 7. The Hall–Kier alpha value is -5.02. The zero-order valence-electron chi connectivity index (χ0n) is 25.6. The van der Waals surface area contributed by atoms with Crippen molar-refractivity contribution in [2.24, 2.45) is 0 Å². The van der Waals surface area contributed by atoms with E-state index in [1.807, 2.05) is 42.7 Å². The second-order valence-electron chi connectivity index (χ2n) is 11.7. The molecule has 6 aromatic rings. The number of hydrogen-bond donors (Lipinski definition) is 0. The predicted octanol–water partition coefficient (Wildman–Crippen LogP) is 10.2. The van der Waals surface area contributed by atoms with Gasteiger partial charge in [0.25, 0.3) is 0 Å². The molecule has 0 atom stereocenters. The van der Waals surface area contributed by atoms with Crippen molar-refractivity contribution in [2.75, 3.05) is 0 Å². The minimum Gasteiger partial charge on any atom is -0.298 e. The summed E-state index contributed by atoms with van der Waals surface area (Å²) in [6, 6.07) is 32.7. The smallest absolute Gasteiger partial charge is 0.137 e. The summed E-state index contributed by atoms with van der Waals surface area (Å²) in [5.41, 5.74) is 13.1. The molecule has 0 spiro atoms. The molecule has 0 amide bonds. The lowest BCUT2D eigenvalue weighted by Gasteiger charge is -2.29. The van der Waals surface area contributed by atoms with Crippen molar-refractivity contribution in [2.45, 2.75) is 40.0 Å². The highest BCUT2D eigenvalue weighted by Gasteiger charge is 2.27. The average molecular weight is 560 g/mol. The van der Waals surface area contributed by atoms with Crippen LogP contribution in [0.15, 0.2) is 122 Å². The van der Waals surface area contributed by atoms with Crippen LogP contribution in [-0.4, -0.2) is 14.5 Å². The summed E-state index contributed by atoms with van der Waals surface area (Å²) in [4.78, 5) is 9.20. The van der Waals surface area contributed by atoms with Crippen molar-refractivity contribution in [3.63, 3.8) is 0 Å². The summed E-state index contributed by atoms with van der Waals surface area (Å²) in [5, 5.41) is 1.19. The van der Waals surface area contributed by atoms with Gasteiger partial charge < -0.3 is 0 Å². The minimum atomic E-state index is -0.157. The molecule has 3 aromatic carbocycles. The lowest BCUT2D eigenvalue weighted by molar-refractivity contribution is 0.627. The van der Waals surface area contributed by atoms with Crippen molar-refractivity contribution in [3.8, 4) is 28.1 Å². The fraction of sp³-hybridized carbons (Fsp3) is 0.150. The van der Waals surface area contributed by atoms with E-state index in [1.54, 1.807) is 0 Å². The quantitative estimate of drug-likeness (QED) is 0.182. The third kappa shape index (κ3) is 5.12. The number of pyridine rings is 2. The maximum atomic E-state index is 4.64. The molecule has 6 rings (SSSR count). The standard InChI is InChI=1S/C40H37N3/c1-7-8-12-34-29(4)43(39-14-9-10-23-42-39)38-22-21-32(25-35(34)38)30-17-19-31(20-18-30)33-16-15-27(2)37(26-33)40(5,6)36-13-11-24-41-28(36)3/h7-26H,1H2,2-6H3/b12-8-. The highest BCUT2D eigenvalue weighted by Crippen LogP contribution is 2.38. The number of benzene rings is 3. The van der Waals surface area contributed by atoms with Gasteiger partial charge in [-0.25, -0.2) is 4.98 Å². The Morgan fingerprint density at radius 3 is 2.05 bits per heavy atom. The molecule has 0 aliphatic carbocycles. The number of fused-ring (bicyclic) bond motifs is 1. The van der Waals surface area contributed by atoms with Gasteiger partial charge in [-0.1, -0.05) is 99.3 Å². The Balaban J connectivity index is 1.38. The van der Waals surface area contributed by atoms with E-state index in [9.17, 15) is 0 Å². The summed E-state index contributed by atoms with van der Waals surface area (Å²) in [6.45, 7) is 14.9. The first kappa shape index (κ1) is 28.1. The number of allylic oxidation sites excluding steroid dienone is 2. The van der Waals surface area contributed by atoms with Gasteiger partial charge in [0.15, 0.2) is 0 Å². The lowest BCUT2D eigenvalue weighted by Crippen LogP contribution is -2.22. The highest BCUT2D eigenvalue weighted by molar-refractivity contribution is 5.95. The summed E-state index contributed by atoms with van der Waals surface area (Å²) >= 11 is 0. The number of aromatic nitrogens is 3. The molecule has 3 aromatic heterocycles. The monoisotopic (exact) mass is 559 g/mol. The van der Waals surface area contributed by atoms with Crippen molar-refractivity contribution < 1.29 is 0 Å². The van der Waals surface area contributed by atoms with Gasteiger partial charge >= 0.3 is 0 Å². The van der Waals surface area contributed by atoms with Crippen LogP contribution >= 0.6 is 0 Å². The molecule has 3 nitrogen and oxygen atoms in total. The molecule has 3 heterocycles. The molecular formula is C40H37N3. The molecule has 0 aliphatic heterocycles. The average Bonchev–Trinajstić information content (AvgIpc) is 3.30. The SMILES string of the molecule is C=C/C=C\c1c(C)n(-c2ccccn2)c2ccc(-c3ccc(-c4ccc(C)c(C(C)(C)c5cccnc5C)c4)cc3)cc12. The molecule has 0 unspecified atom stereocenters. The van der Waals surface area contributed by atoms with Crippen LogP contribution in [-0.2, 0) is 5.41 Å².